The molecule has 2 unspecified atom stereocenters. The number of rotatable bonds is 4. The Bertz CT molecular complexity index is 461. The van der Waals surface area contributed by atoms with Crippen LogP contribution in [-0.2, 0) is 4.74 Å². The number of hydrogen-bond acceptors (Lipinski definition) is 4. The van der Waals surface area contributed by atoms with Gasteiger partial charge < -0.3 is 14.8 Å². The molecule has 2 rings (SSSR count). The molecule has 1 aliphatic heterocycles. The standard InChI is InChI=1S/C14H20Cl2N2O2/c1-4-17-13-11(15)7-12(16)14(18-13)20-10-5-8(2)19-9(3)6-10/h7-10H,4-6H2,1-3H3,(H,17,18). The summed E-state index contributed by atoms with van der Waals surface area (Å²) in [4.78, 5) is 4.37. The highest BCUT2D eigenvalue weighted by molar-refractivity contribution is 6.36. The van der Waals surface area contributed by atoms with Crippen LogP contribution in [0.1, 0.15) is 33.6 Å². The van der Waals surface area contributed by atoms with Crippen molar-refractivity contribution >= 4 is 29.0 Å². The third-order valence-electron chi connectivity index (χ3n) is 3.17. The molecule has 1 aliphatic rings. The molecule has 6 heteroatoms. The molecule has 1 fully saturated rings. The smallest absolute Gasteiger partial charge is 0.234 e. The maximum atomic E-state index is 6.16. The van der Waals surface area contributed by atoms with Gasteiger partial charge in [-0.1, -0.05) is 23.2 Å². The van der Waals surface area contributed by atoms with Crippen molar-refractivity contribution in [1.29, 1.82) is 0 Å². The second-order valence-corrected chi connectivity index (χ2v) is 5.92. The second-order valence-electron chi connectivity index (χ2n) is 5.10. The fourth-order valence-corrected chi connectivity index (χ4v) is 2.89. The summed E-state index contributed by atoms with van der Waals surface area (Å²) in [5.74, 6) is 1.03. The first-order chi connectivity index (χ1) is 9.49. The van der Waals surface area contributed by atoms with Gasteiger partial charge in [0.05, 0.1) is 17.2 Å². The third kappa shape index (κ3) is 3.90. The van der Waals surface area contributed by atoms with Crippen LogP contribution in [0, 0.1) is 0 Å². The number of ether oxygens (including phenoxy) is 2. The Kier molecular flexibility index (Phi) is 5.35. The van der Waals surface area contributed by atoms with Gasteiger partial charge in [-0.3, -0.25) is 0 Å². The van der Waals surface area contributed by atoms with E-state index in [0.29, 0.717) is 21.7 Å². The molecule has 0 amide bonds. The van der Waals surface area contributed by atoms with Crippen LogP contribution in [0.25, 0.3) is 0 Å². The molecule has 112 valence electrons. The first-order valence-corrected chi connectivity index (χ1v) is 7.67. The molecule has 1 aromatic rings. The predicted octanol–water partition coefficient (Wildman–Crippen LogP) is 4.16. The highest BCUT2D eigenvalue weighted by atomic mass is 35.5. The number of nitrogens with zero attached hydrogens (tertiary/aromatic N) is 1. The first kappa shape index (κ1) is 15.7. The van der Waals surface area contributed by atoms with E-state index in [-0.39, 0.29) is 18.3 Å². The highest BCUT2D eigenvalue weighted by Gasteiger charge is 2.27. The minimum atomic E-state index is 0.0643. The fourth-order valence-electron chi connectivity index (χ4n) is 2.42. The largest absolute Gasteiger partial charge is 0.473 e. The summed E-state index contributed by atoms with van der Waals surface area (Å²) in [7, 11) is 0. The molecular weight excluding hydrogens is 299 g/mol. The maximum Gasteiger partial charge on any atom is 0.234 e. The quantitative estimate of drug-likeness (QED) is 0.905. The van der Waals surface area contributed by atoms with E-state index in [1.54, 1.807) is 6.07 Å². The Morgan fingerprint density at radius 3 is 2.55 bits per heavy atom. The number of aromatic nitrogens is 1. The van der Waals surface area contributed by atoms with Gasteiger partial charge >= 0.3 is 0 Å². The van der Waals surface area contributed by atoms with Gasteiger partial charge in [0.1, 0.15) is 16.9 Å². The monoisotopic (exact) mass is 318 g/mol. The average Bonchev–Trinajstić information content (AvgIpc) is 2.34. The number of nitrogens with one attached hydrogen (secondary N) is 1. The lowest BCUT2D eigenvalue weighted by Gasteiger charge is -2.32. The van der Waals surface area contributed by atoms with Crippen LogP contribution in [0.3, 0.4) is 0 Å². The van der Waals surface area contributed by atoms with Crippen molar-refractivity contribution in [2.75, 3.05) is 11.9 Å². The molecule has 0 aromatic carbocycles. The lowest BCUT2D eigenvalue weighted by molar-refractivity contribution is -0.0729. The topological polar surface area (TPSA) is 43.4 Å². The summed E-state index contributed by atoms with van der Waals surface area (Å²) in [6.07, 6.45) is 2.10. The van der Waals surface area contributed by atoms with Crippen molar-refractivity contribution in [3.8, 4) is 5.88 Å². The van der Waals surface area contributed by atoms with Crippen LogP contribution >= 0.6 is 23.2 Å². The minimum Gasteiger partial charge on any atom is -0.473 e. The summed E-state index contributed by atoms with van der Waals surface area (Å²) in [6, 6.07) is 1.66. The Labute approximate surface area is 129 Å². The van der Waals surface area contributed by atoms with E-state index in [1.807, 2.05) is 20.8 Å². The van der Waals surface area contributed by atoms with Crippen molar-refractivity contribution in [3.05, 3.63) is 16.1 Å². The average molecular weight is 319 g/mol. The van der Waals surface area contributed by atoms with E-state index in [2.05, 4.69) is 10.3 Å². The van der Waals surface area contributed by atoms with E-state index in [0.717, 1.165) is 19.4 Å². The molecule has 2 heterocycles. The molecule has 1 saturated heterocycles. The van der Waals surface area contributed by atoms with Crippen molar-refractivity contribution < 1.29 is 9.47 Å². The van der Waals surface area contributed by atoms with Crippen LogP contribution in [0.5, 0.6) is 5.88 Å². The van der Waals surface area contributed by atoms with E-state index in [1.165, 1.54) is 0 Å². The van der Waals surface area contributed by atoms with Crippen LogP contribution in [0.15, 0.2) is 6.07 Å². The first-order valence-electron chi connectivity index (χ1n) is 6.91. The number of hydrogen-bond donors (Lipinski definition) is 1. The SMILES string of the molecule is CCNc1nc(OC2CC(C)OC(C)C2)c(Cl)cc1Cl. The normalized spacial score (nSPS) is 26.4. The van der Waals surface area contributed by atoms with Crippen LogP contribution < -0.4 is 10.1 Å². The second kappa shape index (κ2) is 6.83. The molecule has 0 aliphatic carbocycles. The summed E-state index contributed by atoms with van der Waals surface area (Å²) in [6.45, 7) is 6.81. The zero-order valence-corrected chi connectivity index (χ0v) is 13.5. The number of anilines is 1. The van der Waals surface area contributed by atoms with Crippen molar-refractivity contribution in [1.82, 2.24) is 4.98 Å². The summed E-state index contributed by atoms with van der Waals surface area (Å²) in [5, 5.41) is 4.02. The Hall–Kier alpha value is -0.710. The van der Waals surface area contributed by atoms with Gasteiger partial charge in [-0.25, -0.2) is 0 Å². The molecule has 1 aromatic heterocycles. The van der Waals surface area contributed by atoms with Gasteiger partial charge in [-0.2, -0.15) is 4.98 Å². The summed E-state index contributed by atoms with van der Waals surface area (Å²) < 4.78 is 11.6. The van der Waals surface area contributed by atoms with Gasteiger partial charge in [-0.05, 0) is 26.8 Å². The molecule has 1 N–H and O–H groups in total. The predicted molar refractivity (Wildman–Crippen MR) is 82.1 cm³/mol. The van der Waals surface area contributed by atoms with Gasteiger partial charge in [0.15, 0.2) is 0 Å². The third-order valence-corrected chi connectivity index (χ3v) is 3.73. The zero-order valence-electron chi connectivity index (χ0n) is 12.0. The summed E-state index contributed by atoms with van der Waals surface area (Å²) >= 11 is 12.2. The molecular formula is C14H20Cl2N2O2. The highest BCUT2D eigenvalue weighted by Crippen LogP contribution is 2.33. The molecule has 0 radical (unpaired) electrons. The lowest BCUT2D eigenvalue weighted by Crippen LogP contribution is -2.35. The van der Waals surface area contributed by atoms with Crippen molar-refractivity contribution in [2.45, 2.75) is 51.9 Å². The minimum absolute atomic E-state index is 0.0643. The van der Waals surface area contributed by atoms with Gasteiger partial charge in [-0.15, -0.1) is 0 Å². The molecule has 0 saturated carbocycles. The molecule has 0 bridgehead atoms. The number of halogens is 2. The van der Waals surface area contributed by atoms with E-state index < -0.39 is 0 Å². The molecule has 2 atom stereocenters. The van der Waals surface area contributed by atoms with Gasteiger partial charge in [0, 0.05) is 19.4 Å². The van der Waals surface area contributed by atoms with Crippen LogP contribution in [0.2, 0.25) is 10.0 Å². The fraction of sp³-hybridized carbons (Fsp3) is 0.643. The van der Waals surface area contributed by atoms with E-state index in [4.69, 9.17) is 32.7 Å². The number of pyridine rings is 1. The molecule has 0 spiro atoms. The van der Waals surface area contributed by atoms with E-state index in [9.17, 15) is 0 Å². The molecule has 4 nitrogen and oxygen atoms in total. The Balaban J connectivity index is 2.13. The van der Waals surface area contributed by atoms with Crippen molar-refractivity contribution in [3.63, 3.8) is 0 Å². The summed E-state index contributed by atoms with van der Waals surface area (Å²) in [5.41, 5.74) is 0. The van der Waals surface area contributed by atoms with Crippen LogP contribution in [-0.4, -0.2) is 29.8 Å². The zero-order chi connectivity index (χ0) is 14.7. The van der Waals surface area contributed by atoms with Gasteiger partial charge in [0.2, 0.25) is 5.88 Å². The van der Waals surface area contributed by atoms with Crippen LogP contribution in [0.4, 0.5) is 5.82 Å². The van der Waals surface area contributed by atoms with Gasteiger partial charge in [0.25, 0.3) is 0 Å². The maximum absolute atomic E-state index is 6.16. The van der Waals surface area contributed by atoms with E-state index >= 15 is 0 Å². The molecule has 20 heavy (non-hydrogen) atoms. The Morgan fingerprint density at radius 1 is 1.30 bits per heavy atom. The lowest BCUT2D eigenvalue weighted by atomic mass is 10.0. The Morgan fingerprint density at radius 2 is 1.95 bits per heavy atom. The van der Waals surface area contributed by atoms with Crippen molar-refractivity contribution in [2.24, 2.45) is 0 Å².